The number of carbonyl (C=O) groups is 1. The summed E-state index contributed by atoms with van der Waals surface area (Å²) >= 11 is 0. The molecule has 0 radical (unpaired) electrons. The highest BCUT2D eigenvalue weighted by Crippen LogP contribution is 2.22. The first-order valence-corrected chi connectivity index (χ1v) is 10.9. The highest BCUT2D eigenvalue weighted by atomic mass is 32.2. The lowest BCUT2D eigenvalue weighted by Gasteiger charge is -2.23. The number of methoxy groups -OCH3 is 1. The van der Waals surface area contributed by atoms with Gasteiger partial charge in [0.25, 0.3) is 0 Å². The van der Waals surface area contributed by atoms with Crippen LogP contribution in [0.3, 0.4) is 0 Å². The molecule has 158 valence electrons. The van der Waals surface area contributed by atoms with Crippen LogP contribution in [0.5, 0.6) is 5.75 Å². The fraction of sp³-hybridized carbons (Fsp3) is 0.250. The van der Waals surface area contributed by atoms with Gasteiger partial charge in [-0.25, -0.2) is 8.42 Å². The van der Waals surface area contributed by atoms with Crippen LogP contribution in [0.15, 0.2) is 53.1 Å². The Morgan fingerprint density at radius 3 is 2.67 bits per heavy atom. The molecule has 2 aromatic carbocycles. The maximum atomic E-state index is 12.4. The van der Waals surface area contributed by atoms with E-state index < -0.39 is 15.9 Å². The molecular weight excluding hydrogens is 408 g/mol. The third-order valence-electron chi connectivity index (χ3n) is 4.30. The van der Waals surface area contributed by atoms with E-state index in [-0.39, 0.29) is 19.0 Å². The Morgan fingerprint density at radius 1 is 1.20 bits per heavy atom. The molecular formula is C20H22N4O5S. The van der Waals surface area contributed by atoms with Crippen LogP contribution in [0.2, 0.25) is 0 Å². The van der Waals surface area contributed by atoms with Gasteiger partial charge in [0.15, 0.2) is 0 Å². The molecule has 1 N–H and O–H groups in total. The van der Waals surface area contributed by atoms with Crippen LogP contribution in [0.25, 0.3) is 11.4 Å². The first-order valence-electron chi connectivity index (χ1n) is 9.05. The van der Waals surface area contributed by atoms with Gasteiger partial charge in [-0.1, -0.05) is 35.5 Å². The molecule has 1 amide bonds. The van der Waals surface area contributed by atoms with Crippen molar-refractivity contribution >= 4 is 21.6 Å². The van der Waals surface area contributed by atoms with Crippen molar-refractivity contribution in [2.75, 3.05) is 24.2 Å². The van der Waals surface area contributed by atoms with Crippen LogP contribution < -0.4 is 14.4 Å². The smallest absolute Gasteiger partial charge is 0.246 e. The van der Waals surface area contributed by atoms with E-state index in [4.69, 9.17) is 9.26 Å². The monoisotopic (exact) mass is 430 g/mol. The zero-order chi connectivity index (χ0) is 21.7. The van der Waals surface area contributed by atoms with Crippen molar-refractivity contribution in [1.82, 2.24) is 15.5 Å². The van der Waals surface area contributed by atoms with E-state index >= 15 is 0 Å². The molecule has 1 heterocycles. The molecule has 0 atom stereocenters. The second-order valence-corrected chi connectivity index (χ2v) is 8.48. The van der Waals surface area contributed by atoms with Gasteiger partial charge >= 0.3 is 0 Å². The van der Waals surface area contributed by atoms with E-state index in [1.165, 1.54) is 0 Å². The number of amides is 1. The van der Waals surface area contributed by atoms with Gasteiger partial charge in [-0.3, -0.25) is 9.10 Å². The van der Waals surface area contributed by atoms with Gasteiger partial charge in [0, 0.05) is 5.56 Å². The number of benzene rings is 2. The van der Waals surface area contributed by atoms with Crippen LogP contribution in [0, 0.1) is 6.92 Å². The highest BCUT2D eigenvalue weighted by molar-refractivity contribution is 7.92. The Morgan fingerprint density at radius 2 is 1.97 bits per heavy atom. The van der Waals surface area contributed by atoms with E-state index in [2.05, 4.69) is 15.5 Å². The molecule has 10 heteroatoms. The Hall–Kier alpha value is -3.40. The van der Waals surface area contributed by atoms with Crippen LogP contribution in [0.1, 0.15) is 11.5 Å². The third-order valence-corrected chi connectivity index (χ3v) is 5.43. The summed E-state index contributed by atoms with van der Waals surface area (Å²) < 4.78 is 35.8. The molecule has 3 rings (SSSR count). The minimum Gasteiger partial charge on any atom is -0.497 e. The summed E-state index contributed by atoms with van der Waals surface area (Å²) in [4.78, 5) is 16.6. The van der Waals surface area contributed by atoms with Crippen molar-refractivity contribution in [2.45, 2.75) is 13.5 Å². The molecule has 0 aliphatic rings. The van der Waals surface area contributed by atoms with Gasteiger partial charge in [-0.15, -0.1) is 0 Å². The third kappa shape index (κ3) is 5.15. The van der Waals surface area contributed by atoms with E-state index in [9.17, 15) is 13.2 Å². The maximum Gasteiger partial charge on any atom is 0.246 e. The number of aromatic nitrogens is 2. The van der Waals surface area contributed by atoms with E-state index in [1.54, 1.807) is 56.5 Å². The Kier molecular flexibility index (Phi) is 6.36. The average molecular weight is 430 g/mol. The number of nitrogens with one attached hydrogen (secondary N) is 1. The van der Waals surface area contributed by atoms with Crippen molar-refractivity contribution in [3.63, 3.8) is 0 Å². The Balaban J connectivity index is 1.66. The highest BCUT2D eigenvalue weighted by Gasteiger charge is 2.22. The van der Waals surface area contributed by atoms with Crippen LogP contribution in [-0.2, 0) is 21.4 Å². The molecule has 0 saturated carbocycles. The van der Waals surface area contributed by atoms with Gasteiger partial charge in [-0.05, 0) is 30.7 Å². The second kappa shape index (κ2) is 8.95. The molecule has 9 nitrogen and oxygen atoms in total. The summed E-state index contributed by atoms with van der Waals surface area (Å²) in [5.74, 6) is 0.716. The fourth-order valence-corrected chi connectivity index (χ4v) is 3.70. The van der Waals surface area contributed by atoms with E-state index in [0.29, 0.717) is 22.8 Å². The van der Waals surface area contributed by atoms with Gasteiger partial charge < -0.3 is 14.6 Å². The van der Waals surface area contributed by atoms with E-state index in [1.807, 2.05) is 6.07 Å². The summed E-state index contributed by atoms with van der Waals surface area (Å²) in [6.07, 6.45) is 1.06. The number of sulfonamides is 1. The maximum absolute atomic E-state index is 12.4. The summed E-state index contributed by atoms with van der Waals surface area (Å²) in [7, 11) is -2.09. The van der Waals surface area contributed by atoms with Gasteiger partial charge in [0.1, 0.15) is 12.3 Å². The molecule has 0 aliphatic carbocycles. The van der Waals surface area contributed by atoms with Crippen molar-refractivity contribution in [3.8, 4) is 17.1 Å². The second-order valence-electron chi connectivity index (χ2n) is 6.58. The number of ether oxygens (including phenoxy) is 1. The zero-order valence-corrected chi connectivity index (χ0v) is 17.6. The number of nitrogens with zero attached hydrogens (tertiary/aromatic N) is 3. The molecule has 0 unspecified atom stereocenters. The SMILES string of the molecule is COc1cccc(-c2noc(CNC(=O)CN(c3ccccc3C)S(C)(=O)=O)n2)c1. The van der Waals surface area contributed by atoms with E-state index in [0.717, 1.165) is 16.1 Å². The largest absolute Gasteiger partial charge is 0.497 e. The number of hydrogen-bond donors (Lipinski definition) is 1. The summed E-state index contributed by atoms with van der Waals surface area (Å²) in [6, 6.07) is 14.1. The first-order chi connectivity index (χ1) is 14.3. The number of anilines is 1. The molecule has 0 fully saturated rings. The molecule has 3 aromatic rings. The summed E-state index contributed by atoms with van der Waals surface area (Å²) in [5, 5.41) is 6.51. The lowest BCUT2D eigenvalue weighted by atomic mass is 10.2. The number of hydrogen-bond acceptors (Lipinski definition) is 7. The Bertz CT molecular complexity index is 1140. The molecule has 30 heavy (non-hydrogen) atoms. The molecule has 0 aliphatic heterocycles. The molecule has 0 spiro atoms. The first kappa shape index (κ1) is 21.3. The van der Waals surface area contributed by atoms with Crippen LogP contribution in [0.4, 0.5) is 5.69 Å². The average Bonchev–Trinajstić information content (AvgIpc) is 3.19. The van der Waals surface area contributed by atoms with Gasteiger partial charge in [0.05, 0.1) is 25.6 Å². The number of para-hydroxylation sites is 1. The standard InChI is InChI=1S/C20H22N4O5S/c1-14-7-4-5-10-17(14)24(30(3,26)27)13-18(25)21-12-19-22-20(23-29-19)15-8-6-9-16(11-15)28-2/h4-11H,12-13H2,1-3H3,(H,21,25). The van der Waals surface area contributed by atoms with Crippen LogP contribution in [-0.4, -0.2) is 44.4 Å². The van der Waals surface area contributed by atoms with Crippen molar-refractivity contribution in [2.24, 2.45) is 0 Å². The van der Waals surface area contributed by atoms with Crippen molar-refractivity contribution < 1.29 is 22.5 Å². The topological polar surface area (TPSA) is 115 Å². The zero-order valence-electron chi connectivity index (χ0n) is 16.8. The predicted molar refractivity (Wildman–Crippen MR) is 112 cm³/mol. The number of carbonyl (C=O) groups excluding carboxylic acids is 1. The quantitative estimate of drug-likeness (QED) is 0.582. The molecule has 1 aromatic heterocycles. The minimum absolute atomic E-state index is 0.0266. The number of rotatable bonds is 8. The molecule has 0 saturated heterocycles. The molecule has 0 bridgehead atoms. The van der Waals surface area contributed by atoms with Crippen molar-refractivity contribution in [3.05, 3.63) is 60.0 Å². The van der Waals surface area contributed by atoms with Gasteiger partial charge in [-0.2, -0.15) is 4.98 Å². The van der Waals surface area contributed by atoms with Gasteiger partial charge in [0.2, 0.25) is 27.6 Å². The predicted octanol–water partition coefficient (Wildman–Crippen LogP) is 2.14. The number of aryl methyl sites for hydroxylation is 1. The van der Waals surface area contributed by atoms with Crippen molar-refractivity contribution in [1.29, 1.82) is 0 Å². The lowest BCUT2D eigenvalue weighted by Crippen LogP contribution is -2.40. The Labute approximate surface area is 174 Å². The fourth-order valence-electron chi connectivity index (χ4n) is 2.79. The minimum atomic E-state index is -3.65. The normalized spacial score (nSPS) is 11.2. The van der Waals surface area contributed by atoms with Crippen LogP contribution >= 0.6 is 0 Å². The summed E-state index contributed by atoms with van der Waals surface area (Å²) in [5.41, 5.74) is 1.90. The summed E-state index contributed by atoms with van der Waals surface area (Å²) in [6.45, 7) is 1.39. The lowest BCUT2D eigenvalue weighted by molar-refractivity contribution is -0.119.